The summed E-state index contributed by atoms with van der Waals surface area (Å²) in [5, 5.41) is 3.50. The lowest BCUT2D eigenvalue weighted by Gasteiger charge is -2.29. The van der Waals surface area contributed by atoms with Crippen molar-refractivity contribution < 1.29 is 17.6 Å². The van der Waals surface area contributed by atoms with Crippen molar-refractivity contribution in [2.75, 3.05) is 13.1 Å². The highest BCUT2D eigenvalue weighted by Crippen LogP contribution is 2.30. The molecule has 3 aromatic rings. The van der Waals surface area contributed by atoms with Gasteiger partial charge in [0.15, 0.2) is 5.76 Å². The minimum Gasteiger partial charge on any atom is -0.451 e. The lowest BCUT2D eigenvalue weighted by Crippen LogP contribution is -2.37. The summed E-state index contributed by atoms with van der Waals surface area (Å²) in [6.45, 7) is 5.40. The molecule has 1 fully saturated rings. The highest BCUT2D eigenvalue weighted by molar-refractivity contribution is 7.89. The quantitative estimate of drug-likeness (QED) is 0.666. The van der Waals surface area contributed by atoms with Gasteiger partial charge in [-0.3, -0.25) is 4.79 Å². The number of carbonyl (C=O) groups is 1. The second-order valence-electron chi connectivity index (χ2n) is 7.97. The number of fused-ring (bicyclic) bond motifs is 1. The molecule has 0 unspecified atom stereocenters. The van der Waals surface area contributed by atoms with Gasteiger partial charge in [-0.1, -0.05) is 37.3 Å². The van der Waals surface area contributed by atoms with Crippen molar-refractivity contribution in [2.24, 2.45) is 5.92 Å². The molecule has 158 valence electrons. The Bertz CT molecular complexity index is 1160. The maximum atomic E-state index is 13.1. The van der Waals surface area contributed by atoms with E-state index >= 15 is 0 Å². The number of hydrogen-bond acceptors (Lipinski definition) is 4. The van der Waals surface area contributed by atoms with Crippen LogP contribution in [0.3, 0.4) is 0 Å². The zero-order chi connectivity index (χ0) is 21.3. The van der Waals surface area contributed by atoms with Crippen LogP contribution in [-0.4, -0.2) is 31.7 Å². The number of benzene rings is 2. The Hall–Kier alpha value is -2.64. The molecule has 4 rings (SSSR count). The Morgan fingerprint density at radius 3 is 2.53 bits per heavy atom. The fourth-order valence-electron chi connectivity index (χ4n) is 3.81. The van der Waals surface area contributed by atoms with Gasteiger partial charge in [-0.05, 0) is 49.4 Å². The smallest absolute Gasteiger partial charge is 0.287 e. The number of rotatable bonds is 5. The second kappa shape index (κ2) is 8.24. The average molecular weight is 427 g/mol. The summed E-state index contributed by atoms with van der Waals surface area (Å²) in [5.41, 5.74) is 2.13. The van der Waals surface area contributed by atoms with E-state index in [0.717, 1.165) is 18.4 Å². The molecule has 1 N–H and O–H groups in total. The molecular formula is C23H26N2O4S. The van der Waals surface area contributed by atoms with Gasteiger partial charge in [0, 0.05) is 30.6 Å². The summed E-state index contributed by atoms with van der Waals surface area (Å²) in [6.07, 6.45) is 1.75. The lowest BCUT2D eigenvalue weighted by molar-refractivity contribution is 0.0924. The van der Waals surface area contributed by atoms with Crippen LogP contribution in [0.25, 0.3) is 11.0 Å². The van der Waals surface area contributed by atoms with Gasteiger partial charge in [0.2, 0.25) is 10.0 Å². The summed E-state index contributed by atoms with van der Waals surface area (Å²) in [5.74, 6) is 0.441. The van der Waals surface area contributed by atoms with Crippen molar-refractivity contribution in [1.29, 1.82) is 0 Å². The highest BCUT2D eigenvalue weighted by atomic mass is 32.2. The SMILES string of the molecule is Cc1c(C(=O)NCc2ccccc2)oc2ccc(S(=O)(=O)N3CCC(C)CC3)cc12. The fraction of sp³-hybridized carbons (Fsp3) is 0.348. The molecule has 0 radical (unpaired) electrons. The van der Waals surface area contributed by atoms with Gasteiger partial charge in [-0.15, -0.1) is 0 Å². The number of furan rings is 1. The molecule has 1 saturated heterocycles. The molecule has 7 heteroatoms. The van der Waals surface area contributed by atoms with Crippen LogP contribution in [0.15, 0.2) is 57.8 Å². The molecule has 1 aliphatic rings. The number of nitrogens with one attached hydrogen (secondary N) is 1. The first-order valence-electron chi connectivity index (χ1n) is 10.2. The molecular weight excluding hydrogens is 400 g/mol. The summed E-state index contributed by atoms with van der Waals surface area (Å²) in [7, 11) is -3.56. The van der Waals surface area contributed by atoms with Crippen LogP contribution in [0.4, 0.5) is 0 Å². The summed E-state index contributed by atoms with van der Waals surface area (Å²) >= 11 is 0. The summed E-state index contributed by atoms with van der Waals surface area (Å²) < 4.78 is 33.4. The van der Waals surface area contributed by atoms with Gasteiger partial charge in [0.05, 0.1) is 4.90 Å². The topological polar surface area (TPSA) is 79.6 Å². The summed E-state index contributed by atoms with van der Waals surface area (Å²) in [4.78, 5) is 12.9. The monoisotopic (exact) mass is 426 g/mol. The fourth-order valence-corrected chi connectivity index (χ4v) is 5.31. The van der Waals surface area contributed by atoms with Crippen molar-refractivity contribution in [3.8, 4) is 0 Å². The Labute approximate surface area is 176 Å². The van der Waals surface area contributed by atoms with Crippen molar-refractivity contribution in [3.05, 3.63) is 65.4 Å². The van der Waals surface area contributed by atoms with Crippen molar-refractivity contribution in [3.63, 3.8) is 0 Å². The number of nitrogens with zero attached hydrogens (tertiary/aromatic N) is 1. The maximum Gasteiger partial charge on any atom is 0.287 e. The van der Waals surface area contributed by atoms with Gasteiger partial charge < -0.3 is 9.73 Å². The van der Waals surface area contributed by atoms with E-state index in [-0.39, 0.29) is 16.6 Å². The number of carbonyl (C=O) groups excluding carboxylic acids is 1. The first-order chi connectivity index (χ1) is 14.4. The molecule has 0 spiro atoms. The first-order valence-corrected chi connectivity index (χ1v) is 11.7. The predicted molar refractivity (Wildman–Crippen MR) is 116 cm³/mol. The van der Waals surface area contributed by atoms with Crippen LogP contribution in [0, 0.1) is 12.8 Å². The van der Waals surface area contributed by atoms with Gasteiger partial charge in [0.25, 0.3) is 5.91 Å². The van der Waals surface area contributed by atoms with Crippen LogP contribution < -0.4 is 5.32 Å². The summed E-state index contributed by atoms with van der Waals surface area (Å²) in [6, 6.07) is 14.4. The van der Waals surface area contributed by atoms with Gasteiger partial charge >= 0.3 is 0 Å². The van der Waals surface area contributed by atoms with Crippen molar-refractivity contribution in [1.82, 2.24) is 9.62 Å². The molecule has 0 saturated carbocycles. The van der Waals surface area contributed by atoms with E-state index in [0.29, 0.717) is 42.1 Å². The van der Waals surface area contributed by atoms with E-state index in [1.165, 1.54) is 0 Å². The zero-order valence-electron chi connectivity index (χ0n) is 17.2. The Kier molecular flexibility index (Phi) is 5.66. The number of piperidine rings is 1. The minimum absolute atomic E-state index is 0.210. The van der Waals surface area contributed by atoms with Crippen LogP contribution in [0.1, 0.15) is 41.4 Å². The van der Waals surface area contributed by atoms with Crippen molar-refractivity contribution >= 4 is 26.9 Å². The maximum absolute atomic E-state index is 13.1. The first kappa shape index (κ1) is 20.6. The van der Waals surface area contributed by atoms with E-state index in [9.17, 15) is 13.2 Å². The normalized spacial score (nSPS) is 16.1. The molecule has 1 aliphatic heterocycles. The number of aryl methyl sites for hydroxylation is 1. The van der Waals surface area contributed by atoms with Crippen LogP contribution in [-0.2, 0) is 16.6 Å². The minimum atomic E-state index is -3.56. The van der Waals surface area contributed by atoms with Crippen LogP contribution in [0.5, 0.6) is 0 Å². The van der Waals surface area contributed by atoms with Crippen LogP contribution >= 0.6 is 0 Å². The van der Waals surface area contributed by atoms with E-state index < -0.39 is 10.0 Å². The lowest BCUT2D eigenvalue weighted by atomic mass is 10.0. The Balaban J connectivity index is 1.58. The molecule has 1 amide bonds. The second-order valence-corrected chi connectivity index (χ2v) is 9.91. The molecule has 30 heavy (non-hydrogen) atoms. The van der Waals surface area contributed by atoms with E-state index in [1.807, 2.05) is 30.3 Å². The molecule has 0 atom stereocenters. The third-order valence-electron chi connectivity index (χ3n) is 5.79. The highest BCUT2D eigenvalue weighted by Gasteiger charge is 2.29. The predicted octanol–water partition coefficient (Wildman–Crippen LogP) is 4.09. The third-order valence-corrected chi connectivity index (χ3v) is 7.68. The number of sulfonamides is 1. The molecule has 0 bridgehead atoms. The number of hydrogen-bond donors (Lipinski definition) is 1. The molecule has 2 aromatic carbocycles. The van der Waals surface area contributed by atoms with Crippen molar-refractivity contribution in [2.45, 2.75) is 38.1 Å². The number of amides is 1. The molecule has 1 aromatic heterocycles. The van der Waals surface area contributed by atoms with E-state index in [4.69, 9.17) is 4.42 Å². The Morgan fingerprint density at radius 1 is 1.13 bits per heavy atom. The standard InChI is InChI=1S/C23H26N2O4S/c1-16-10-12-25(13-11-16)30(27,28)19-8-9-21-20(14-19)17(2)22(29-21)23(26)24-15-18-6-4-3-5-7-18/h3-9,14,16H,10-13,15H2,1-2H3,(H,24,26). The molecule has 2 heterocycles. The van der Waals surface area contributed by atoms with Gasteiger partial charge in [-0.25, -0.2) is 8.42 Å². The molecule has 0 aliphatic carbocycles. The van der Waals surface area contributed by atoms with Gasteiger partial charge in [0.1, 0.15) is 5.58 Å². The third kappa shape index (κ3) is 4.00. The largest absolute Gasteiger partial charge is 0.451 e. The van der Waals surface area contributed by atoms with Crippen LogP contribution in [0.2, 0.25) is 0 Å². The zero-order valence-corrected chi connectivity index (χ0v) is 18.0. The van der Waals surface area contributed by atoms with Gasteiger partial charge in [-0.2, -0.15) is 4.31 Å². The average Bonchev–Trinajstić information content (AvgIpc) is 3.09. The van der Waals surface area contributed by atoms with E-state index in [2.05, 4.69) is 12.2 Å². The molecule has 6 nitrogen and oxygen atoms in total. The Morgan fingerprint density at radius 2 is 1.83 bits per heavy atom. The van der Waals surface area contributed by atoms with E-state index in [1.54, 1.807) is 29.4 Å².